The van der Waals surface area contributed by atoms with E-state index in [0.29, 0.717) is 18.3 Å². The molecule has 16 heavy (non-hydrogen) atoms. The quantitative estimate of drug-likeness (QED) is 0.829. The average Bonchev–Trinajstić information content (AvgIpc) is 2.28. The van der Waals surface area contributed by atoms with E-state index in [2.05, 4.69) is 38.7 Å². The molecule has 0 aliphatic heterocycles. The topological polar surface area (TPSA) is 33.1 Å². The van der Waals surface area contributed by atoms with Crippen LogP contribution in [0.2, 0.25) is 0 Å². The van der Waals surface area contributed by atoms with Crippen molar-refractivity contribution in [2.75, 3.05) is 0 Å². The van der Waals surface area contributed by atoms with Gasteiger partial charge in [0.15, 0.2) is 0 Å². The maximum absolute atomic E-state index is 10.0. The molecule has 0 aromatic carbocycles. The van der Waals surface area contributed by atoms with Crippen LogP contribution in [0, 0.1) is 11.8 Å². The first-order valence-electron chi connectivity index (χ1n) is 6.16. The van der Waals surface area contributed by atoms with Crippen molar-refractivity contribution in [3.05, 3.63) is 29.6 Å². The van der Waals surface area contributed by atoms with E-state index in [1.807, 2.05) is 12.3 Å². The van der Waals surface area contributed by atoms with Crippen molar-refractivity contribution >= 4 is 0 Å². The number of nitrogens with zero attached hydrogens (tertiary/aromatic N) is 1. The molecule has 2 heteroatoms. The average molecular weight is 221 g/mol. The van der Waals surface area contributed by atoms with Gasteiger partial charge in [0.05, 0.1) is 6.10 Å². The lowest BCUT2D eigenvalue weighted by Gasteiger charge is -2.21. The van der Waals surface area contributed by atoms with Crippen LogP contribution in [0.25, 0.3) is 0 Å². The van der Waals surface area contributed by atoms with Crippen LogP contribution in [0.4, 0.5) is 0 Å². The highest BCUT2D eigenvalue weighted by atomic mass is 16.3. The Balaban J connectivity index is 2.59. The number of aliphatic hydroxyl groups excluding tert-OH is 1. The summed E-state index contributed by atoms with van der Waals surface area (Å²) in [5.74, 6) is 0.817. The van der Waals surface area contributed by atoms with Crippen molar-refractivity contribution in [1.82, 2.24) is 4.98 Å². The van der Waals surface area contributed by atoms with Crippen LogP contribution < -0.4 is 0 Å². The molecule has 1 aromatic heterocycles. The molecule has 0 bridgehead atoms. The van der Waals surface area contributed by atoms with Gasteiger partial charge in [0, 0.05) is 18.3 Å². The van der Waals surface area contributed by atoms with Crippen LogP contribution in [0.5, 0.6) is 0 Å². The normalized spacial score (nSPS) is 15.1. The number of rotatable bonds is 5. The SMILES string of the molecule is CCc1ccc(CC(O)C(C)C(C)C)nc1. The van der Waals surface area contributed by atoms with Gasteiger partial charge in [-0.25, -0.2) is 0 Å². The molecule has 0 radical (unpaired) electrons. The first-order valence-corrected chi connectivity index (χ1v) is 6.16. The first kappa shape index (κ1) is 13.2. The van der Waals surface area contributed by atoms with Gasteiger partial charge >= 0.3 is 0 Å². The van der Waals surface area contributed by atoms with Gasteiger partial charge in [-0.2, -0.15) is 0 Å². The van der Waals surface area contributed by atoms with Crippen molar-refractivity contribution in [3.8, 4) is 0 Å². The maximum atomic E-state index is 10.0. The van der Waals surface area contributed by atoms with E-state index in [1.165, 1.54) is 5.56 Å². The Morgan fingerprint density at radius 3 is 2.38 bits per heavy atom. The minimum absolute atomic E-state index is 0.292. The number of hydrogen-bond donors (Lipinski definition) is 1. The van der Waals surface area contributed by atoms with E-state index < -0.39 is 0 Å². The highest BCUT2D eigenvalue weighted by molar-refractivity contribution is 5.14. The van der Waals surface area contributed by atoms with E-state index in [1.54, 1.807) is 0 Å². The van der Waals surface area contributed by atoms with Crippen LogP contribution in [0.1, 0.15) is 39.0 Å². The third-order valence-corrected chi connectivity index (χ3v) is 3.37. The number of aliphatic hydroxyl groups is 1. The third kappa shape index (κ3) is 3.60. The molecule has 0 fully saturated rings. The first-order chi connectivity index (χ1) is 7.54. The Morgan fingerprint density at radius 1 is 1.25 bits per heavy atom. The van der Waals surface area contributed by atoms with Gasteiger partial charge in [0.2, 0.25) is 0 Å². The van der Waals surface area contributed by atoms with Crippen molar-refractivity contribution in [3.63, 3.8) is 0 Å². The molecule has 0 saturated heterocycles. The van der Waals surface area contributed by atoms with Crippen LogP contribution in [0.3, 0.4) is 0 Å². The number of hydrogen-bond acceptors (Lipinski definition) is 2. The minimum atomic E-state index is -0.292. The Labute approximate surface area is 98.7 Å². The van der Waals surface area contributed by atoms with Crippen molar-refractivity contribution in [2.24, 2.45) is 11.8 Å². The molecular formula is C14H23NO. The summed E-state index contributed by atoms with van der Waals surface area (Å²) in [5, 5.41) is 10.0. The van der Waals surface area contributed by atoms with Crippen molar-refractivity contribution in [1.29, 1.82) is 0 Å². The highest BCUT2D eigenvalue weighted by Crippen LogP contribution is 2.17. The number of aromatic nitrogens is 1. The summed E-state index contributed by atoms with van der Waals surface area (Å²) in [6, 6.07) is 4.12. The summed E-state index contributed by atoms with van der Waals surface area (Å²) in [6.45, 7) is 8.49. The van der Waals surface area contributed by atoms with E-state index in [9.17, 15) is 5.11 Å². The molecular weight excluding hydrogens is 198 g/mol. The summed E-state index contributed by atoms with van der Waals surface area (Å²) in [5.41, 5.74) is 2.23. The smallest absolute Gasteiger partial charge is 0.0623 e. The fraction of sp³-hybridized carbons (Fsp3) is 0.643. The molecule has 0 saturated carbocycles. The number of aryl methyl sites for hydroxylation is 1. The van der Waals surface area contributed by atoms with E-state index >= 15 is 0 Å². The van der Waals surface area contributed by atoms with Crippen LogP contribution in [-0.2, 0) is 12.8 Å². The van der Waals surface area contributed by atoms with Gasteiger partial charge in [-0.1, -0.05) is 33.8 Å². The summed E-state index contributed by atoms with van der Waals surface area (Å²) < 4.78 is 0. The zero-order valence-corrected chi connectivity index (χ0v) is 10.8. The van der Waals surface area contributed by atoms with Crippen LogP contribution in [0.15, 0.2) is 18.3 Å². The Bertz CT molecular complexity index is 305. The molecule has 0 aliphatic carbocycles. The predicted octanol–water partition coefficient (Wildman–Crippen LogP) is 2.84. The second-order valence-electron chi connectivity index (χ2n) is 4.89. The zero-order valence-electron chi connectivity index (χ0n) is 10.8. The molecule has 1 N–H and O–H groups in total. The Hall–Kier alpha value is -0.890. The molecule has 0 aliphatic rings. The van der Waals surface area contributed by atoms with Gasteiger partial charge in [-0.05, 0) is 29.9 Å². The van der Waals surface area contributed by atoms with E-state index in [0.717, 1.165) is 12.1 Å². The highest BCUT2D eigenvalue weighted by Gasteiger charge is 2.18. The Morgan fingerprint density at radius 2 is 1.94 bits per heavy atom. The second-order valence-corrected chi connectivity index (χ2v) is 4.89. The summed E-state index contributed by atoms with van der Waals surface area (Å²) in [6.07, 6.45) is 3.28. The largest absolute Gasteiger partial charge is 0.392 e. The van der Waals surface area contributed by atoms with Gasteiger partial charge in [-0.3, -0.25) is 4.98 Å². The molecule has 1 aromatic rings. The molecule has 0 amide bonds. The lowest BCUT2D eigenvalue weighted by molar-refractivity contribution is 0.0913. The van der Waals surface area contributed by atoms with Crippen LogP contribution in [-0.4, -0.2) is 16.2 Å². The van der Waals surface area contributed by atoms with Gasteiger partial charge < -0.3 is 5.11 Å². The summed E-state index contributed by atoms with van der Waals surface area (Å²) in [4.78, 5) is 4.37. The lowest BCUT2D eigenvalue weighted by Crippen LogP contribution is -2.24. The lowest BCUT2D eigenvalue weighted by atomic mass is 9.90. The molecule has 2 unspecified atom stereocenters. The molecule has 0 spiro atoms. The standard InChI is InChI=1S/C14H23NO/c1-5-12-6-7-13(15-9-12)8-14(16)11(4)10(2)3/h6-7,9-11,14,16H,5,8H2,1-4H3. The molecule has 2 atom stereocenters. The fourth-order valence-corrected chi connectivity index (χ4v) is 1.63. The van der Waals surface area contributed by atoms with Gasteiger partial charge in [-0.15, -0.1) is 0 Å². The monoisotopic (exact) mass is 221 g/mol. The van der Waals surface area contributed by atoms with Gasteiger partial charge in [0.25, 0.3) is 0 Å². The molecule has 2 nitrogen and oxygen atoms in total. The van der Waals surface area contributed by atoms with Crippen molar-refractivity contribution in [2.45, 2.75) is 46.6 Å². The summed E-state index contributed by atoms with van der Waals surface area (Å²) in [7, 11) is 0. The Kier molecular flexibility index (Phi) is 4.94. The molecule has 90 valence electrons. The predicted molar refractivity (Wildman–Crippen MR) is 67.3 cm³/mol. The minimum Gasteiger partial charge on any atom is -0.392 e. The van der Waals surface area contributed by atoms with Crippen molar-refractivity contribution < 1.29 is 5.11 Å². The van der Waals surface area contributed by atoms with E-state index in [-0.39, 0.29) is 6.10 Å². The van der Waals surface area contributed by atoms with E-state index in [4.69, 9.17) is 0 Å². The van der Waals surface area contributed by atoms with Gasteiger partial charge in [0.1, 0.15) is 0 Å². The summed E-state index contributed by atoms with van der Waals surface area (Å²) >= 11 is 0. The molecule has 1 rings (SSSR count). The zero-order chi connectivity index (χ0) is 12.1. The fourth-order valence-electron chi connectivity index (χ4n) is 1.63. The van der Waals surface area contributed by atoms with Crippen LogP contribution >= 0.6 is 0 Å². The number of pyridine rings is 1. The third-order valence-electron chi connectivity index (χ3n) is 3.37. The second kappa shape index (κ2) is 6.00. The molecule has 1 heterocycles. The maximum Gasteiger partial charge on any atom is 0.0623 e.